The van der Waals surface area contributed by atoms with Gasteiger partial charge in [-0.2, -0.15) is 0 Å². The molecule has 0 aliphatic heterocycles. The Balaban J connectivity index is 2.44. The van der Waals surface area contributed by atoms with Crippen molar-refractivity contribution in [2.24, 2.45) is 5.92 Å². The zero-order chi connectivity index (χ0) is 15.5. The first-order valence-corrected chi connectivity index (χ1v) is 8.17. The van der Waals surface area contributed by atoms with Crippen LogP contribution in [-0.2, 0) is 4.74 Å². The van der Waals surface area contributed by atoms with Crippen LogP contribution < -0.4 is 5.32 Å². The van der Waals surface area contributed by atoms with Gasteiger partial charge in [0.1, 0.15) is 5.82 Å². The number of halogens is 1. The number of benzene rings is 1. The van der Waals surface area contributed by atoms with E-state index in [0.29, 0.717) is 11.8 Å². The molecule has 1 N–H and O–H groups in total. The highest BCUT2D eigenvalue weighted by Crippen LogP contribution is 2.20. The molecule has 0 fully saturated rings. The zero-order valence-electron chi connectivity index (χ0n) is 13.7. The minimum atomic E-state index is -0.159. The van der Waals surface area contributed by atoms with Crippen LogP contribution in [-0.4, -0.2) is 26.3 Å². The lowest BCUT2D eigenvalue weighted by molar-refractivity contribution is 0.116. The van der Waals surface area contributed by atoms with E-state index in [1.165, 1.54) is 6.07 Å². The normalized spacial score (nSPS) is 12.8. The predicted octanol–water partition coefficient (Wildman–Crippen LogP) is 4.36. The number of hydrogen-bond donors (Lipinski definition) is 1. The zero-order valence-corrected chi connectivity index (χ0v) is 13.7. The molecule has 0 spiro atoms. The van der Waals surface area contributed by atoms with Crippen LogP contribution >= 0.6 is 0 Å². The van der Waals surface area contributed by atoms with Gasteiger partial charge >= 0.3 is 0 Å². The molecule has 1 atom stereocenters. The molecule has 120 valence electrons. The topological polar surface area (TPSA) is 21.3 Å². The van der Waals surface area contributed by atoms with Crippen LogP contribution in [0.2, 0.25) is 0 Å². The first-order valence-electron chi connectivity index (χ1n) is 8.17. The van der Waals surface area contributed by atoms with Gasteiger partial charge in [-0.05, 0) is 55.3 Å². The van der Waals surface area contributed by atoms with Gasteiger partial charge in [0, 0.05) is 19.8 Å². The summed E-state index contributed by atoms with van der Waals surface area (Å²) in [5.41, 5.74) is 1.06. The summed E-state index contributed by atoms with van der Waals surface area (Å²) in [5.74, 6) is 0.829. The molecule has 0 saturated heterocycles. The van der Waals surface area contributed by atoms with Crippen molar-refractivity contribution in [1.82, 2.24) is 5.32 Å². The molecular formula is C18H30FNO. The van der Waals surface area contributed by atoms with E-state index in [-0.39, 0.29) is 5.82 Å². The van der Waals surface area contributed by atoms with Crippen molar-refractivity contribution in [3.05, 3.63) is 35.6 Å². The van der Waals surface area contributed by atoms with Gasteiger partial charge in [0.15, 0.2) is 0 Å². The second-order valence-corrected chi connectivity index (χ2v) is 6.04. The molecule has 0 bridgehead atoms. The van der Waals surface area contributed by atoms with Gasteiger partial charge in [0.2, 0.25) is 0 Å². The predicted molar refractivity (Wildman–Crippen MR) is 87.2 cm³/mol. The largest absolute Gasteiger partial charge is 0.381 e. The Hall–Kier alpha value is -0.930. The van der Waals surface area contributed by atoms with Crippen LogP contribution in [0.15, 0.2) is 24.3 Å². The molecule has 0 aromatic heterocycles. The molecule has 2 nitrogen and oxygen atoms in total. The molecule has 1 aromatic rings. The van der Waals surface area contributed by atoms with Gasteiger partial charge in [-0.3, -0.25) is 0 Å². The van der Waals surface area contributed by atoms with Crippen LogP contribution in [0.3, 0.4) is 0 Å². The van der Waals surface area contributed by atoms with Crippen LogP contribution in [0, 0.1) is 11.7 Å². The van der Waals surface area contributed by atoms with E-state index in [4.69, 9.17) is 4.74 Å². The lowest BCUT2D eigenvalue weighted by Crippen LogP contribution is -2.23. The Kier molecular flexibility index (Phi) is 9.27. The fraction of sp³-hybridized carbons (Fsp3) is 0.667. The summed E-state index contributed by atoms with van der Waals surface area (Å²) in [6.07, 6.45) is 3.14. The molecule has 0 heterocycles. The molecule has 1 aromatic carbocycles. The van der Waals surface area contributed by atoms with Crippen LogP contribution in [0.4, 0.5) is 4.39 Å². The van der Waals surface area contributed by atoms with E-state index >= 15 is 0 Å². The highest BCUT2D eigenvalue weighted by molar-refractivity contribution is 5.21. The molecule has 0 saturated carbocycles. The summed E-state index contributed by atoms with van der Waals surface area (Å²) >= 11 is 0. The van der Waals surface area contributed by atoms with Crippen LogP contribution in [0.5, 0.6) is 0 Å². The van der Waals surface area contributed by atoms with Gasteiger partial charge in [-0.1, -0.05) is 32.9 Å². The maximum atomic E-state index is 13.4. The minimum Gasteiger partial charge on any atom is -0.381 e. The first-order chi connectivity index (χ1) is 10.1. The molecule has 3 heteroatoms. The average molecular weight is 295 g/mol. The third-order valence-corrected chi connectivity index (χ3v) is 3.59. The highest BCUT2D eigenvalue weighted by Gasteiger charge is 2.12. The lowest BCUT2D eigenvalue weighted by atomic mass is 9.96. The number of hydrogen-bond acceptors (Lipinski definition) is 2. The van der Waals surface area contributed by atoms with Crippen molar-refractivity contribution in [2.75, 3.05) is 26.3 Å². The van der Waals surface area contributed by atoms with Crippen molar-refractivity contribution in [3.8, 4) is 0 Å². The standard InChI is InChI=1S/C18H30FNO/c1-4-10-20-14-17(9-12-21-11-8-15(2)3)16-6-5-7-18(19)13-16/h5-7,13,15,17,20H,4,8-12,14H2,1-3H3. The Labute approximate surface area is 129 Å². The van der Waals surface area contributed by atoms with Crippen molar-refractivity contribution >= 4 is 0 Å². The second kappa shape index (κ2) is 10.7. The molecule has 21 heavy (non-hydrogen) atoms. The van der Waals surface area contributed by atoms with Gasteiger partial charge < -0.3 is 10.1 Å². The molecule has 1 unspecified atom stereocenters. The van der Waals surface area contributed by atoms with E-state index in [1.807, 2.05) is 6.07 Å². The van der Waals surface area contributed by atoms with E-state index in [0.717, 1.165) is 51.1 Å². The van der Waals surface area contributed by atoms with E-state index in [2.05, 4.69) is 26.1 Å². The Morgan fingerprint density at radius 2 is 1.95 bits per heavy atom. The Bertz CT molecular complexity index is 381. The lowest BCUT2D eigenvalue weighted by Gasteiger charge is -2.18. The number of nitrogens with one attached hydrogen (secondary N) is 1. The fourth-order valence-corrected chi connectivity index (χ4v) is 2.25. The van der Waals surface area contributed by atoms with Gasteiger partial charge in [-0.25, -0.2) is 4.39 Å². The summed E-state index contributed by atoms with van der Waals surface area (Å²) in [6, 6.07) is 6.94. The number of rotatable bonds is 11. The molecule has 0 amide bonds. The summed E-state index contributed by atoms with van der Waals surface area (Å²) in [5, 5.41) is 3.43. The Morgan fingerprint density at radius 1 is 1.19 bits per heavy atom. The number of ether oxygens (including phenoxy) is 1. The van der Waals surface area contributed by atoms with E-state index in [1.54, 1.807) is 12.1 Å². The van der Waals surface area contributed by atoms with Crippen molar-refractivity contribution in [2.45, 2.75) is 46.0 Å². The second-order valence-electron chi connectivity index (χ2n) is 6.04. The van der Waals surface area contributed by atoms with Crippen LogP contribution in [0.25, 0.3) is 0 Å². The van der Waals surface area contributed by atoms with Crippen LogP contribution in [0.1, 0.15) is 51.5 Å². The molecule has 1 rings (SSSR count). The van der Waals surface area contributed by atoms with Gasteiger partial charge in [0.05, 0.1) is 0 Å². The quantitative estimate of drug-likeness (QED) is 0.612. The molecule has 0 aliphatic carbocycles. The summed E-state index contributed by atoms with van der Waals surface area (Å²) in [4.78, 5) is 0. The molecule has 0 radical (unpaired) electrons. The summed E-state index contributed by atoms with van der Waals surface area (Å²) in [7, 11) is 0. The maximum absolute atomic E-state index is 13.4. The fourth-order valence-electron chi connectivity index (χ4n) is 2.25. The van der Waals surface area contributed by atoms with Crippen molar-refractivity contribution in [3.63, 3.8) is 0 Å². The van der Waals surface area contributed by atoms with Gasteiger partial charge in [0.25, 0.3) is 0 Å². The molecule has 0 aliphatic rings. The Morgan fingerprint density at radius 3 is 2.62 bits per heavy atom. The SMILES string of the molecule is CCCNCC(CCOCCC(C)C)c1cccc(F)c1. The third-order valence-electron chi connectivity index (χ3n) is 3.59. The highest BCUT2D eigenvalue weighted by atomic mass is 19.1. The smallest absolute Gasteiger partial charge is 0.123 e. The summed E-state index contributed by atoms with van der Waals surface area (Å²) < 4.78 is 19.1. The maximum Gasteiger partial charge on any atom is 0.123 e. The van der Waals surface area contributed by atoms with Gasteiger partial charge in [-0.15, -0.1) is 0 Å². The molecular weight excluding hydrogens is 265 g/mol. The first kappa shape index (κ1) is 18.1. The van der Waals surface area contributed by atoms with E-state index in [9.17, 15) is 4.39 Å². The van der Waals surface area contributed by atoms with Crippen molar-refractivity contribution in [1.29, 1.82) is 0 Å². The summed E-state index contributed by atoms with van der Waals surface area (Å²) in [6.45, 7) is 9.99. The third kappa shape index (κ3) is 8.18. The van der Waals surface area contributed by atoms with Crippen molar-refractivity contribution < 1.29 is 9.13 Å². The minimum absolute atomic E-state index is 0.159. The average Bonchev–Trinajstić information content (AvgIpc) is 2.45. The van der Waals surface area contributed by atoms with E-state index < -0.39 is 0 Å². The monoisotopic (exact) mass is 295 g/mol.